The number of hydrogen-bond donors (Lipinski definition) is 1. The Morgan fingerprint density at radius 2 is 2.24 bits per heavy atom. The Bertz CT molecular complexity index is 567. The van der Waals surface area contributed by atoms with Crippen LogP contribution in [0.1, 0.15) is 16.1 Å². The molecule has 0 aliphatic rings. The molecule has 0 bridgehead atoms. The molecular weight excluding hydrogens is 240 g/mol. The predicted molar refractivity (Wildman–Crippen MR) is 61.1 cm³/mol. The van der Waals surface area contributed by atoms with Gasteiger partial charge in [0, 0.05) is 7.05 Å². The van der Waals surface area contributed by atoms with Crippen molar-refractivity contribution in [3.05, 3.63) is 29.7 Å². The first-order valence-corrected chi connectivity index (χ1v) is 5.62. The van der Waals surface area contributed by atoms with Crippen molar-refractivity contribution in [2.45, 2.75) is 17.1 Å². The zero-order valence-corrected chi connectivity index (χ0v) is 10.1. The maximum absolute atomic E-state index is 10.8. The number of carbonyl (C=O) groups is 1. The standard InChI is InChI=1S/C10H10N4O2S/c1-6-7(9(15)16)3-4-8(12-6)17-10-13-11-5-14(10)2/h3-5H,1-2H3,(H,15,16). The zero-order valence-electron chi connectivity index (χ0n) is 9.28. The van der Waals surface area contributed by atoms with Crippen molar-refractivity contribution in [2.24, 2.45) is 7.05 Å². The third kappa shape index (κ3) is 2.44. The Morgan fingerprint density at radius 3 is 2.76 bits per heavy atom. The van der Waals surface area contributed by atoms with E-state index < -0.39 is 5.97 Å². The van der Waals surface area contributed by atoms with Crippen LogP contribution in [-0.2, 0) is 7.05 Å². The van der Waals surface area contributed by atoms with Gasteiger partial charge in [0.1, 0.15) is 11.4 Å². The van der Waals surface area contributed by atoms with Crippen molar-refractivity contribution in [2.75, 3.05) is 0 Å². The molecule has 0 atom stereocenters. The summed E-state index contributed by atoms with van der Waals surface area (Å²) in [6.07, 6.45) is 1.60. The van der Waals surface area contributed by atoms with Gasteiger partial charge >= 0.3 is 5.97 Å². The van der Waals surface area contributed by atoms with Gasteiger partial charge in [-0.05, 0) is 30.8 Å². The number of rotatable bonds is 3. The smallest absolute Gasteiger partial charge is 0.337 e. The van der Waals surface area contributed by atoms with Gasteiger partial charge in [-0.15, -0.1) is 10.2 Å². The summed E-state index contributed by atoms with van der Waals surface area (Å²) < 4.78 is 1.77. The van der Waals surface area contributed by atoms with Gasteiger partial charge in [-0.3, -0.25) is 0 Å². The second-order valence-corrected chi connectivity index (χ2v) is 4.40. The Morgan fingerprint density at radius 1 is 1.47 bits per heavy atom. The van der Waals surface area contributed by atoms with Crippen LogP contribution < -0.4 is 0 Å². The van der Waals surface area contributed by atoms with Crippen molar-refractivity contribution >= 4 is 17.7 Å². The molecule has 0 aromatic carbocycles. The molecule has 0 spiro atoms. The highest BCUT2D eigenvalue weighted by Crippen LogP contribution is 2.24. The van der Waals surface area contributed by atoms with Gasteiger partial charge in [-0.2, -0.15) is 0 Å². The van der Waals surface area contributed by atoms with Crippen molar-refractivity contribution in [1.82, 2.24) is 19.7 Å². The molecule has 2 aromatic rings. The average molecular weight is 250 g/mol. The molecule has 7 heteroatoms. The summed E-state index contributed by atoms with van der Waals surface area (Å²) in [7, 11) is 1.83. The molecule has 0 fully saturated rings. The van der Waals surface area contributed by atoms with Crippen LogP contribution in [0.5, 0.6) is 0 Å². The summed E-state index contributed by atoms with van der Waals surface area (Å²) in [5.41, 5.74) is 0.706. The van der Waals surface area contributed by atoms with Crippen molar-refractivity contribution in [3.63, 3.8) is 0 Å². The molecule has 0 radical (unpaired) electrons. The van der Waals surface area contributed by atoms with Gasteiger partial charge < -0.3 is 9.67 Å². The lowest BCUT2D eigenvalue weighted by Crippen LogP contribution is -2.02. The minimum absolute atomic E-state index is 0.215. The second-order valence-electron chi connectivity index (χ2n) is 3.41. The molecule has 0 aliphatic carbocycles. The highest BCUT2D eigenvalue weighted by atomic mass is 32.2. The normalized spacial score (nSPS) is 10.5. The second kappa shape index (κ2) is 4.54. The van der Waals surface area contributed by atoms with Gasteiger partial charge in [0.05, 0.1) is 11.3 Å². The van der Waals surface area contributed by atoms with Crippen LogP contribution in [0.2, 0.25) is 0 Å². The fraction of sp³-hybridized carbons (Fsp3) is 0.200. The Labute approximate surface area is 102 Å². The van der Waals surface area contributed by atoms with Crippen molar-refractivity contribution in [1.29, 1.82) is 0 Å². The van der Waals surface area contributed by atoms with Crippen LogP contribution in [0.4, 0.5) is 0 Å². The van der Waals surface area contributed by atoms with Crippen LogP contribution in [0.25, 0.3) is 0 Å². The summed E-state index contributed by atoms with van der Waals surface area (Å²) in [4.78, 5) is 15.0. The molecule has 0 saturated carbocycles. The zero-order chi connectivity index (χ0) is 12.4. The molecule has 2 rings (SSSR count). The Balaban J connectivity index is 2.27. The number of pyridine rings is 1. The lowest BCUT2D eigenvalue weighted by atomic mass is 10.2. The molecule has 2 heterocycles. The lowest BCUT2D eigenvalue weighted by molar-refractivity contribution is 0.0695. The largest absolute Gasteiger partial charge is 0.478 e. The van der Waals surface area contributed by atoms with E-state index >= 15 is 0 Å². The molecule has 17 heavy (non-hydrogen) atoms. The molecule has 0 saturated heterocycles. The Hall–Kier alpha value is -1.89. The fourth-order valence-corrected chi connectivity index (χ4v) is 2.06. The first kappa shape index (κ1) is 11.6. The molecule has 0 aliphatic heterocycles. The number of carboxylic acid groups (broad SMARTS) is 1. The first-order chi connectivity index (χ1) is 8.08. The van der Waals surface area contributed by atoms with E-state index in [0.29, 0.717) is 15.9 Å². The van der Waals surface area contributed by atoms with E-state index in [1.54, 1.807) is 30.0 Å². The number of aromatic carboxylic acids is 1. The summed E-state index contributed by atoms with van der Waals surface area (Å²) in [5, 5.41) is 18.0. The molecule has 0 amide bonds. The van der Waals surface area contributed by atoms with Crippen LogP contribution in [0.3, 0.4) is 0 Å². The van der Waals surface area contributed by atoms with Gasteiger partial charge in [0.25, 0.3) is 0 Å². The highest BCUT2D eigenvalue weighted by Gasteiger charge is 2.10. The number of nitrogens with zero attached hydrogens (tertiary/aromatic N) is 4. The van der Waals surface area contributed by atoms with Crippen LogP contribution in [-0.4, -0.2) is 30.8 Å². The van der Waals surface area contributed by atoms with E-state index in [1.165, 1.54) is 11.8 Å². The monoisotopic (exact) mass is 250 g/mol. The van der Waals surface area contributed by atoms with E-state index in [9.17, 15) is 4.79 Å². The SMILES string of the molecule is Cc1nc(Sc2nncn2C)ccc1C(=O)O. The van der Waals surface area contributed by atoms with E-state index in [4.69, 9.17) is 5.11 Å². The summed E-state index contributed by atoms with van der Waals surface area (Å²) in [5.74, 6) is -0.967. The van der Waals surface area contributed by atoms with Crippen LogP contribution >= 0.6 is 11.8 Å². The third-order valence-corrected chi connectivity index (χ3v) is 3.15. The van der Waals surface area contributed by atoms with Gasteiger partial charge in [0.2, 0.25) is 0 Å². The van der Waals surface area contributed by atoms with Crippen molar-refractivity contribution < 1.29 is 9.90 Å². The maximum Gasteiger partial charge on any atom is 0.337 e. The highest BCUT2D eigenvalue weighted by molar-refractivity contribution is 7.99. The summed E-state index contributed by atoms with van der Waals surface area (Å²) in [6, 6.07) is 3.21. The van der Waals surface area contributed by atoms with Gasteiger partial charge in [-0.25, -0.2) is 9.78 Å². The average Bonchev–Trinajstić information content (AvgIpc) is 2.64. The number of aryl methyl sites for hydroxylation is 2. The quantitative estimate of drug-likeness (QED) is 0.886. The predicted octanol–water partition coefficient (Wildman–Crippen LogP) is 1.37. The maximum atomic E-state index is 10.8. The van der Waals surface area contributed by atoms with E-state index in [2.05, 4.69) is 15.2 Å². The fourth-order valence-electron chi connectivity index (χ4n) is 1.28. The van der Waals surface area contributed by atoms with Gasteiger partial charge in [0.15, 0.2) is 5.16 Å². The molecule has 6 nitrogen and oxygen atoms in total. The minimum Gasteiger partial charge on any atom is -0.478 e. The molecule has 0 unspecified atom stereocenters. The molecular formula is C10H10N4O2S. The van der Waals surface area contributed by atoms with Crippen LogP contribution in [0.15, 0.2) is 28.6 Å². The van der Waals surface area contributed by atoms with E-state index in [1.807, 2.05) is 7.05 Å². The summed E-state index contributed by atoms with van der Waals surface area (Å²) in [6.45, 7) is 1.67. The molecule has 1 N–H and O–H groups in total. The molecule has 88 valence electrons. The molecule has 2 aromatic heterocycles. The van der Waals surface area contributed by atoms with Crippen molar-refractivity contribution in [3.8, 4) is 0 Å². The number of carboxylic acids is 1. The number of aromatic nitrogens is 4. The van der Waals surface area contributed by atoms with Gasteiger partial charge in [-0.1, -0.05) is 0 Å². The van der Waals surface area contributed by atoms with E-state index in [-0.39, 0.29) is 5.56 Å². The van der Waals surface area contributed by atoms with Crippen LogP contribution in [0, 0.1) is 6.92 Å². The summed E-state index contributed by atoms with van der Waals surface area (Å²) >= 11 is 1.34. The van der Waals surface area contributed by atoms with E-state index in [0.717, 1.165) is 0 Å². The lowest BCUT2D eigenvalue weighted by Gasteiger charge is -2.03. The topological polar surface area (TPSA) is 80.9 Å². The minimum atomic E-state index is -0.967. The first-order valence-electron chi connectivity index (χ1n) is 4.80. The number of hydrogen-bond acceptors (Lipinski definition) is 5. The third-order valence-electron chi connectivity index (χ3n) is 2.16. The Kier molecular flexibility index (Phi) is 3.10.